The van der Waals surface area contributed by atoms with E-state index < -0.39 is 0 Å². The van der Waals surface area contributed by atoms with Gasteiger partial charge in [-0.25, -0.2) is 4.98 Å². The summed E-state index contributed by atoms with van der Waals surface area (Å²) in [6, 6.07) is 14.3. The van der Waals surface area contributed by atoms with Crippen molar-refractivity contribution < 1.29 is 4.79 Å². The summed E-state index contributed by atoms with van der Waals surface area (Å²) < 4.78 is 2.14. The Bertz CT molecular complexity index is 1020. The van der Waals surface area contributed by atoms with E-state index in [4.69, 9.17) is 4.98 Å². The second-order valence-corrected chi connectivity index (χ2v) is 8.42. The van der Waals surface area contributed by atoms with E-state index in [2.05, 4.69) is 26.4 Å². The van der Waals surface area contributed by atoms with Crippen LogP contribution in [0.25, 0.3) is 11.0 Å². The fraction of sp³-hybridized carbons (Fsp3) is 0.304. The number of thiophene rings is 1. The molecule has 0 saturated carbocycles. The number of rotatable bonds is 5. The predicted octanol–water partition coefficient (Wildman–Crippen LogP) is 5.16. The zero-order valence-corrected chi connectivity index (χ0v) is 17.0. The van der Waals surface area contributed by atoms with Crippen LogP contribution < -0.4 is 0 Å². The van der Waals surface area contributed by atoms with Crippen molar-refractivity contribution >= 4 is 28.3 Å². The predicted molar refractivity (Wildman–Crippen MR) is 116 cm³/mol. The van der Waals surface area contributed by atoms with Gasteiger partial charge in [0, 0.05) is 18.9 Å². The summed E-state index contributed by atoms with van der Waals surface area (Å²) in [4.78, 5) is 23.8. The van der Waals surface area contributed by atoms with Gasteiger partial charge in [-0.2, -0.15) is 11.3 Å². The molecule has 3 aromatic heterocycles. The fourth-order valence-corrected chi connectivity index (χ4v) is 5.05. The van der Waals surface area contributed by atoms with E-state index in [1.807, 2.05) is 53.7 Å². The Morgan fingerprint density at radius 2 is 2.03 bits per heavy atom. The number of nitrogens with one attached hydrogen (secondary N) is 1. The Kier molecular flexibility index (Phi) is 4.94. The number of amides is 1. The molecular weight excluding hydrogens is 380 g/mol. The van der Waals surface area contributed by atoms with E-state index in [1.54, 1.807) is 11.3 Å². The zero-order chi connectivity index (χ0) is 19.6. The summed E-state index contributed by atoms with van der Waals surface area (Å²) in [5.74, 6) is 1.10. The van der Waals surface area contributed by atoms with E-state index in [0.29, 0.717) is 6.42 Å². The van der Waals surface area contributed by atoms with Crippen LogP contribution >= 0.6 is 11.3 Å². The molecule has 0 radical (unpaired) electrons. The van der Waals surface area contributed by atoms with Gasteiger partial charge < -0.3 is 14.5 Å². The third kappa shape index (κ3) is 3.60. The summed E-state index contributed by atoms with van der Waals surface area (Å²) in [6.45, 7) is 0.794. The van der Waals surface area contributed by atoms with Gasteiger partial charge in [0.2, 0.25) is 5.91 Å². The minimum Gasteiger partial charge on any atom is -0.346 e. The van der Waals surface area contributed by atoms with Crippen LogP contribution in [-0.4, -0.2) is 31.9 Å². The maximum atomic E-state index is 13.5. The first-order valence-corrected chi connectivity index (χ1v) is 11.1. The number of carbonyl (C=O) groups is 1. The van der Waals surface area contributed by atoms with Crippen molar-refractivity contribution in [3.8, 4) is 0 Å². The van der Waals surface area contributed by atoms with Gasteiger partial charge in [0.15, 0.2) is 0 Å². The van der Waals surface area contributed by atoms with Crippen molar-refractivity contribution in [1.82, 2.24) is 19.4 Å². The smallest absolute Gasteiger partial charge is 0.225 e. The molecule has 1 aromatic carbocycles. The lowest BCUT2D eigenvalue weighted by atomic mass is 9.99. The van der Waals surface area contributed by atoms with Crippen LogP contribution in [0.5, 0.6) is 0 Å². The van der Waals surface area contributed by atoms with Crippen molar-refractivity contribution in [3.05, 3.63) is 77.0 Å². The molecule has 5 rings (SSSR count). The van der Waals surface area contributed by atoms with Crippen molar-refractivity contribution in [2.24, 2.45) is 0 Å². The van der Waals surface area contributed by atoms with Gasteiger partial charge in [-0.1, -0.05) is 12.1 Å². The van der Waals surface area contributed by atoms with Gasteiger partial charge in [0.1, 0.15) is 5.82 Å². The quantitative estimate of drug-likeness (QED) is 0.499. The van der Waals surface area contributed by atoms with Crippen molar-refractivity contribution in [2.45, 2.75) is 37.8 Å². The summed E-state index contributed by atoms with van der Waals surface area (Å²) in [7, 11) is 0. The molecule has 148 valence electrons. The standard InChI is InChI=1S/C23H24N4OS/c28-22(15-21(17-10-14-29-16-17)26-11-5-6-12-26)27-13-4-3-9-20(27)23-24-18-7-1-2-8-19(18)25-23/h1-2,5-8,10-12,14,16,20-21H,3-4,9,13,15H2,(H,24,25). The molecule has 1 aliphatic heterocycles. The van der Waals surface area contributed by atoms with Crippen LogP contribution in [0.3, 0.4) is 0 Å². The number of hydrogen-bond acceptors (Lipinski definition) is 3. The van der Waals surface area contributed by atoms with Gasteiger partial charge in [-0.15, -0.1) is 0 Å². The number of H-pyrrole nitrogens is 1. The molecule has 0 spiro atoms. The van der Waals surface area contributed by atoms with Gasteiger partial charge >= 0.3 is 0 Å². The molecule has 5 nitrogen and oxygen atoms in total. The number of piperidine rings is 1. The minimum absolute atomic E-state index is 0.0245. The zero-order valence-electron chi connectivity index (χ0n) is 16.2. The van der Waals surface area contributed by atoms with E-state index in [1.165, 1.54) is 5.56 Å². The average molecular weight is 405 g/mol. The summed E-state index contributed by atoms with van der Waals surface area (Å²) >= 11 is 1.67. The van der Waals surface area contributed by atoms with Crippen LogP contribution in [0.4, 0.5) is 0 Å². The topological polar surface area (TPSA) is 53.9 Å². The number of imidazole rings is 1. The monoisotopic (exact) mass is 404 g/mol. The first-order chi connectivity index (χ1) is 14.3. The molecule has 1 fully saturated rings. The molecule has 1 amide bonds. The molecule has 2 atom stereocenters. The fourth-order valence-electron chi connectivity index (χ4n) is 4.34. The number of aromatic amines is 1. The maximum absolute atomic E-state index is 13.5. The SMILES string of the molecule is O=C(CC(c1ccsc1)n1cccc1)N1CCCCC1c1nc2ccccc2[nH]1. The Morgan fingerprint density at radius 3 is 2.83 bits per heavy atom. The molecule has 29 heavy (non-hydrogen) atoms. The molecule has 0 bridgehead atoms. The Labute approximate surface area is 174 Å². The molecule has 1 saturated heterocycles. The third-order valence-corrected chi connectivity index (χ3v) is 6.53. The second-order valence-electron chi connectivity index (χ2n) is 7.64. The van der Waals surface area contributed by atoms with Crippen LogP contribution in [-0.2, 0) is 4.79 Å². The van der Waals surface area contributed by atoms with Crippen LogP contribution in [0.15, 0.2) is 65.6 Å². The van der Waals surface area contributed by atoms with Gasteiger partial charge in [0.25, 0.3) is 0 Å². The van der Waals surface area contributed by atoms with E-state index in [9.17, 15) is 4.79 Å². The number of nitrogens with zero attached hydrogens (tertiary/aromatic N) is 3. The molecule has 4 aromatic rings. The van der Waals surface area contributed by atoms with Gasteiger partial charge in [-0.3, -0.25) is 4.79 Å². The lowest BCUT2D eigenvalue weighted by Crippen LogP contribution is -2.40. The number of fused-ring (bicyclic) bond motifs is 1. The molecule has 1 N–H and O–H groups in total. The van der Waals surface area contributed by atoms with Crippen molar-refractivity contribution in [2.75, 3.05) is 6.54 Å². The molecule has 1 aliphatic rings. The van der Waals surface area contributed by atoms with E-state index >= 15 is 0 Å². The summed E-state index contributed by atoms with van der Waals surface area (Å²) in [5.41, 5.74) is 3.18. The van der Waals surface area contributed by atoms with Gasteiger partial charge in [0.05, 0.1) is 29.5 Å². The van der Waals surface area contributed by atoms with E-state index in [-0.39, 0.29) is 18.0 Å². The van der Waals surface area contributed by atoms with E-state index in [0.717, 1.165) is 42.7 Å². The van der Waals surface area contributed by atoms with Crippen LogP contribution in [0.1, 0.15) is 49.2 Å². The number of aromatic nitrogens is 3. The number of para-hydroxylation sites is 2. The Morgan fingerprint density at radius 1 is 1.17 bits per heavy atom. The van der Waals surface area contributed by atoms with Crippen molar-refractivity contribution in [3.63, 3.8) is 0 Å². The number of carbonyl (C=O) groups excluding carboxylic acids is 1. The number of benzene rings is 1. The normalized spacial score (nSPS) is 18.2. The molecule has 2 unspecified atom stereocenters. The molecule has 4 heterocycles. The second kappa shape index (κ2) is 7.87. The lowest BCUT2D eigenvalue weighted by molar-refractivity contribution is -0.135. The molecule has 0 aliphatic carbocycles. The largest absolute Gasteiger partial charge is 0.346 e. The maximum Gasteiger partial charge on any atom is 0.225 e. The molecule has 6 heteroatoms. The summed E-state index contributed by atoms with van der Waals surface area (Å²) in [5, 5.41) is 4.22. The first-order valence-electron chi connectivity index (χ1n) is 10.2. The Balaban J connectivity index is 1.42. The Hall–Kier alpha value is -2.86. The highest BCUT2D eigenvalue weighted by Gasteiger charge is 2.32. The summed E-state index contributed by atoms with van der Waals surface area (Å²) in [6.07, 6.45) is 7.68. The highest BCUT2D eigenvalue weighted by atomic mass is 32.1. The highest BCUT2D eigenvalue weighted by Crippen LogP contribution is 2.33. The third-order valence-electron chi connectivity index (χ3n) is 5.83. The lowest BCUT2D eigenvalue weighted by Gasteiger charge is -2.35. The van der Waals surface area contributed by atoms with Crippen molar-refractivity contribution in [1.29, 1.82) is 0 Å². The number of likely N-dealkylation sites (tertiary alicyclic amines) is 1. The highest BCUT2D eigenvalue weighted by molar-refractivity contribution is 7.08. The first kappa shape index (κ1) is 18.2. The minimum atomic E-state index is 0.0245. The average Bonchev–Trinajstić information content (AvgIpc) is 3.53. The van der Waals surface area contributed by atoms with Crippen LogP contribution in [0.2, 0.25) is 0 Å². The van der Waals surface area contributed by atoms with Gasteiger partial charge in [-0.05, 0) is 65.9 Å². The van der Waals surface area contributed by atoms with Crippen LogP contribution in [0, 0.1) is 0 Å². The molecular formula is C23H24N4OS. The number of hydrogen-bond donors (Lipinski definition) is 1.